The van der Waals surface area contributed by atoms with Gasteiger partial charge in [0.15, 0.2) is 0 Å². The lowest BCUT2D eigenvalue weighted by Gasteiger charge is -2.27. The molecular weight excluding hydrogens is 318 g/mol. The Morgan fingerprint density at radius 2 is 2.04 bits per heavy atom. The van der Waals surface area contributed by atoms with Crippen LogP contribution in [0.15, 0.2) is 66.1 Å². The second-order valence-electron chi connectivity index (χ2n) is 5.62. The van der Waals surface area contributed by atoms with Crippen molar-refractivity contribution in [2.24, 2.45) is 0 Å². The summed E-state index contributed by atoms with van der Waals surface area (Å²) in [6.07, 6.45) is 3.26. The molecule has 1 aliphatic heterocycles. The molecule has 8 heteroatoms. The van der Waals surface area contributed by atoms with Crippen LogP contribution in [-0.2, 0) is 4.79 Å². The number of anilines is 2. The van der Waals surface area contributed by atoms with E-state index in [1.54, 1.807) is 29.2 Å². The van der Waals surface area contributed by atoms with Crippen molar-refractivity contribution in [2.45, 2.75) is 13.0 Å². The Bertz CT molecular complexity index is 934. The third-order valence-corrected chi connectivity index (χ3v) is 3.99. The molecule has 1 atom stereocenters. The number of nitrogens with zero attached hydrogens (tertiary/aromatic N) is 5. The number of hydrogen-bond donors (Lipinski definition) is 2. The molecule has 1 amide bonds. The Morgan fingerprint density at radius 3 is 2.80 bits per heavy atom. The number of nitrogens with one attached hydrogen (secondary N) is 2. The zero-order valence-corrected chi connectivity index (χ0v) is 13.4. The van der Waals surface area contributed by atoms with Gasteiger partial charge in [-0.05, 0) is 35.0 Å². The summed E-state index contributed by atoms with van der Waals surface area (Å²) in [5.41, 5.74) is 2.81. The van der Waals surface area contributed by atoms with Crippen LogP contribution in [0.5, 0.6) is 0 Å². The second-order valence-corrected chi connectivity index (χ2v) is 5.62. The van der Waals surface area contributed by atoms with Crippen molar-refractivity contribution < 1.29 is 4.79 Å². The highest BCUT2D eigenvalue weighted by Gasteiger charge is 2.33. The first-order valence-corrected chi connectivity index (χ1v) is 7.76. The van der Waals surface area contributed by atoms with Crippen molar-refractivity contribution >= 4 is 17.5 Å². The Kier molecular flexibility index (Phi) is 3.70. The summed E-state index contributed by atoms with van der Waals surface area (Å²) in [7, 11) is 0. The number of fused-ring (bicyclic) bond motifs is 1. The molecule has 2 aromatic heterocycles. The first-order valence-electron chi connectivity index (χ1n) is 7.76. The summed E-state index contributed by atoms with van der Waals surface area (Å²) in [4.78, 5) is 17.0. The third kappa shape index (κ3) is 2.74. The van der Waals surface area contributed by atoms with Crippen molar-refractivity contribution in [1.29, 1.82) is 0 Å². The SMILES string of the molecule is CC1=C(C(=O)Nc2cccnc2)[C@@H](c2ccccc2)n2nnnc2N1. The molecule has 0 saturated carbocycles. The van der Waals surface area contributed by atoms with E-state index >= 15 is 0 Å². The van der Waals surface area contributed by atoms with Gasteiger partial charge in [0.05, 0.1) is 17.5 Å². The van der Waals surface area contributed by atoms with Crippen molar-refractivity contribution in [2.75, 3.05) is 10.6 Å². The van der Waals surface area contributed by atoms with Gasteiger partial charge in [-0.2, -0.15) is 4.68 Å². The largest absolute Gasteiger partial charge is 0.326 e. The number of tetrazole rings is 1. The van der Waals surface area contributed by atoms with E-state index in [0.29, 0.717) is 22.9 Å². The van der Waals surface area contributed by atoms with Crippen molar-refractivity contribution in [3.05, 3.63) is 71.7 Å². The van der Waals surface area contributed by atoms with Crippen LogP contribution in [0, 0.1) is 0 Å². The van der Waals surface area contributed by atoms with E-state index in [1.807, 2.05) is 37.3 Å². The summed E-state index contributed by atoms with van der Waals surface area (Å²) in [6.45, 7) is 1.84. The van der Waals surface area contributed by atoms with Crippen molar-refractivity contribution in [1.82, 2.24) is 25.2 Å². The fourth-order valence-corrected chi connectivity index (χ4v) is 2.89. The fraction of sp³-hybridized carbons (Fsp3) is 0.118. The number of carbonyl (C=O) groups excluding carboxylic acids is 1. The smallest absolute Gasteiger partial charge is 0.255 e. The summed E-state index contributed by atoms with van der Waals surface area (Å²) in [5.74, 6) is 0.275. The molecule has 25 heavy (non-hydrogen) atoms. The Balaban J connectivity index is 1.77. The number of rotatable bonds is 3. The summed E-state index contributed by atoms with van der Waals surface area (Å²) >= 11 is 0. The Hall–Kier alpha value is -3.55. The molecule has 2 N–H and O–H groups in total. The van der Waals surface area contributed by atoms with Gasteiger partial charge in [0.1, 0.15) is 6.04 Å². The van der Waals surface area contributed by atoms with Gasteiger partial charge < -0.3 is 10.6 Å². The molecular formula is C17H15N7O. The number of aromatic nitrogens is 5. The third-order valence-electron chi connectivity index (χ3n) is 3.99. The highest BCUT2D eigenvalue weighted by molar-refractivity contribution is 6.05. The Labute approximate surface area is 143 Å². The van der Waals surface area contributed by atoms with E-state index in [4.69, 9.17) is 0 Å². The maximum Gasteiger partial charge on any atom is 0.255 e. The first-order chi connectivity index (χ1) is 12.2. The lowest BCUT2D eigenvalue weighted by Crippen LogP contribution is -2.31. The highest BCUT2D eigenvalue weighted by atomic mass is 16.1. The summed E-state index contributed by atoms with van der Waals surface area (Å²) in [6, 6.07) is 12.8. The zero-order valence-electron chi connectivity index (χ0n) is 13.4. The molecule has 0 aliphatic carbocycles. The van der Waals surface area contributed by atoms with Gasteiger partial charge in [-0.15, -0.1) is 0 Å². The number of benzene rings is 1. The monoisotopic (exact) mass is 333 g/mol. The molecule has 3 aromatic rings. The zero-order chi connectivity index (χ0) is 17.2. The molecule has 3 heterocycles. The van der Waals surface area contributed by atoms with E-state index in [9.17, 15) is 4.79 Å². The predicted molar refractivity (Wildman–Crippen MR) is 91.6 cm³/mol. The minimum Gasteiger partial charge on any atom is -0.326 e. The molecule has 0 bridgehead atoms. The molecule has 0 radical (unpaired) electrons. The maximum atomic E-state index is 13.0. The minimum atomic E-state index is -0.413. The normalized spacial score (nSPS) is 16.1. The van der Waals surface area contributed by atoms with Gasteiger partial charge in [-0.25, -0.2) is 0 Å². The molecule has 1 aromatic carbocycles. The molecule has 0 fully saturated rings. The number of allylic oxidation sites excluding steroid dienone is 1. The van der Waals surface area contributed by atoms with Crippen LogP contribution >= 0.6 is 0 Å². The molecule has 0 spiro atoms. The lowest BCUT2D eigenvalue weighted by molar-refractivity contribution is -0.113. The van der Waals surface area contributed by atoms with Crippen LogP contribution in [0.1, 0.15) is 18.5 Å². The first kappa shape index (κ1) is 15.0. The van der Waals surface area contributed by atoms with E-state index in [-0.39, 0.29) is 5.91 Å². The van der Waals surface area contributed by atoms with E-state index in [1.165, 1.54) is 0 Å². The van der Waals surface area contributed by atoms with E-state index < -0.39 is 6.04 Å². The van der Waals surface area contributed by atoms with E-state index in [0.717, 1.165) is 5.56 Å². The van der Waals surface area contributed by atoms with Gasteiger partial charge in [0, 0.05) is 11.9 Å². The number of amides is 1. The summed E-state index contributed by atoms with van der Waals surface area (Å²) < 4.78 is 1.61. The van der Waals surface area contributed by atoms with Gasteiger partial charge in [-0.3, -0.25) is 9.78 Å². The number of hydrogen-bond acceptors (Lipinski definition) is 6. The summed E-state index contributed by atoms with van der Waals surface area (Å²) in [5, 5.41) is 17.7. The van der Waals surface area contributed by atoms with Gasteiger partial charge in [0.25, 0.3) is 5.91 Å². The topological polar surface area (TPSA) is 97.6 Å². The van der Waals surface area contributed by atoms with Crippen LogP contribution in [0.4, 0.5) is 11.6 Å². The molecule has 1 aliphatic rings. The number of carbonyl (C=O) groups is 1. The van der Waals surface area contributed by atoms with Crippen LogP contribution < -0.4 is 10.6 Å². The van der Waals surface area contributed by atoms with Crippen LogP contribution in [0.25, 0.3) is 0 Å². The predicted octanol–water partition coefficient (Wildman–Crippen LogP) is 2.00. The molecule has 8 nitrogen and oxygen atoms in total. The van der Waals surface area contributed by atoms with Crippen LogP contribution in [0.2, 0.25) is 0 Å². The lowest BCUT2D eigenvalue weighted by atomic mass is 9.95. The van der Waals surface area contributed by atoms with Gasteiger partial charge in [-0.1, -0.05) is 35.4 Å². The second kappa shape index (κ2) is 6.16. The maximum absolute atomic E-state index is 13.0. The van der Waals surface area contributed by atoms with Crippen molar-refractivity contribution in [3.8, 4) is 0 Å². The Morgan fingerprint density at radius 1 is 1.20 bits per heavy atom. The highest BCUT2D eigenvalue weighted by Crippen LogP contribution is 2.34. The van der Waals surface area contributed by atoms with E-state index in [2.05, 4.69) is 31.1 Å². The molecule has 4 rings (SSSR count). The fourth-order valence-electron chi connectivity index (χ4n) is 2.89. The van der Waals surface area contributed by atoms with Gasteiger partial charge in [0.2, 0.25) is 5.95 Å². The van der Waals surface area contributed by atoms with Gasteiger partial charge >= 0.3 is 0 Å². The average molecular weight is 333 g/mol. The molecule has 0 saturated heterocycles. The number of pyridine rings is 1. The quantitative estimate of drug-likeness (QED) is 0.761. The van der Waals surface area contributed by atoms with Crippen molar-refractivity contribution in [3.63, 3.8) is 0 Å². The standard InChI is InChI=1S/C17H15N7O/c1-11-14(16(25)20-13-8-5-9-18-10-13)15(12-6-3-2-4-7-12)24-17(19-11)21-22-23-24/h2-10,15H,1H3,(H,20,25)(H,19,21,23)/t15-/m1/s1. The van der Waals surface area contributed by atoms with Crippen LogP contribution in [0.3, 0.4) is 0 Å². The minimum absolute atomic E-state index is 0.229. The average Bonchev–Trinajstić information content (AvgIpc) is 3.10. The molecule has 0 unspecified atom stereocenters. The van der Waals surface area contributed by atoms with Crippen LogP contribution in [-0.4, -0.2) is 31.1 Å². The molecule has 124 valence electrons.